The summed E-state index contributed by atoms with van der Waals surface area (Å²) in [5, 5.41) is 0. The lowest BCUT2D eigenvalue weighted by molar-refractivity contribution is 0.189. The Morgan fingerprint density at radius 2 is 1.85 bits per heavy atom. The van der Waals surface area contributed by atoms with E-state index in [0.29, 0.717) is 11.5 Å². The van der Waals surface area contributed by atoms with Crippen molar-refractivity contribution < 1.29 is 4.74 Å². The maximum absolute atomic E-state index is 5.97. The summed E-state index contributed by atoms with van der Waals surface area (Å²) in [4.78, 5) is 0. The lowest BCUT2D eigenvalue weighted by atomic mass is 9.88. The van der Waals surface area contributed by atoms with Crippen LogP contribution in [0.25, 0.3) is 0 Å². The largest absolute Gasteiger partial charge is 0.385 e. The second-order valence-corrected chi connectivity index (χ2v) is 4.99. The molecule has 0 aliphatic rings. The van der Waals surface area contributed by atoms with Gasteiger partial charge in [-0.3, -0.25) is 0 Å². The summed E-state index contributed by atoms with van der Waals surface area (Å²) in [7, 11) is 1.74. The van der Waals surface area contributed by atoms with Gasteiger partial charge in [-0.1, -0.05) is 20.8 Å². The van der Waals surface area contributed by atoms with E-state index in [9.17, 15) is 0 Å². The van der Waals surface area contributed by atoms with E-state index >= 15 is 0 Å². The van der Waals surface area contributed by atoms with E-state index in [4.69, 9.17) is 10.5 Å². The molecule has 0 aromatic carbocycles. The quantitative estimate of drug-likeness (QED) is 0.649. The zero-order valence-corrected chi connectivity index (χ0v) is 9.60. The molecule has 0 bridgehead atoms. The van der Waals surface area contributed by atoms with Crippen LogP contribution in [0.4, 0.5) is 0 Å². The standard InChI is InChI=1S/C11H25NO/c1-11(2,3)8-7-10(12)6-5-9-13-4/h10H,5-9,12H2,1-4H3. The molecule has 1 atom stereocenters. The van der Waals surface area contributed by atoms with Crippen LogP contribution in [-0.4, -0.2) is 19.8 Å². The summed E-state index contributed by atoms with van der Waals surface area (Å²) in [6, 6.07) is 0.356. The molecule has 0 saturated heterocycles. The summed E-state index contributed by atoms with van der Waals surface area (Å²) >= 11 is 0. The molecule has 0 aromatic rings. The molecule has 0 spiro atoms. The summed E-state index contributed by atoms with van der Waals surface area (Å²) in [5.74, 6) is 0. The van der Waals surface area contributed by atoms with E-state index in [1.807, 2.05) is 0 Å². The fourth-order valence-corrected chi connectivity index (χ4v) is 1.25. The smallest absolute Gasteiger partial charge is 0.0462 e. The van der Waals surface area contributed by atoms with Crippen molar-refractivity contribution in [3.05, 3.63) is 0 Å². The molecular formula is C11H25NO. The molecule has 0 aromatic heterocycles. The molecule has 0 rings (SSSR count). The first-order chi connectivity index (χ1) is 5.95. The van der Waals surface area contributed by atoms with Gasteiger partial charge in [0, 0.05) is 19.8 Å². The summed E-state index contributed by atoms with van der Waals surface area (Å²) in [5.41, 5.74) is 6.38. The van der Waals surface area contributed by atoms with E-state index in [1.54, 1.807) is 7.11 Å². The molecule has 2 heteroatoms. The fraction of sp³-hybridized carbons (Fsp3) is 1.00. The number of rotatable bonds is 6. The molecule has 0 heterocycles. The maximum Gasteiger partial charge on any atom is 0.0462 e. The van der Waals surface area contributed by atoms with Gasteiger partial charge in [-0.2, -0.15) is 0 Å². The van der Waals surface area contributed by atoms with Crippen molar-refractivity contribution in [2.45, 2.75) is 52.5 Å². The highest BCUT2D eigenvalue weighted by molar-refractivity contribution is 4.68. The Hall–Kier alpha value is -0.0800. The minimum Gasteiger partial charge on any atom is -0.385 e. The Kier molecular flexibility index (Phi) is 6.35. The van der Waals surface area contributed by atoms with Crippen LogP contribution in [0.15, 0.2) is 0 Å². The van der Waals surface area contributed by atoms with Crippen LogP contribution in [0.3, 0.4) is 0 Å². The predicted molar refractivity (Wildman–Crippen MR) is 57.8 cm³/mol. The maximum atomic E-state index is 5.97. The first-order valence-electron chi connectivity index (χ1n) is 5.20. The van der Waals surface area contributed by atoms with Crippen molar-refractivity contribution in [2.24, 2.45) is 11.1 Å². The summed E-state index contributed by atoms with van der Waals surface area (Å²) in [6.07, 6.45) is 4.51. The van der Waals surface area contributed by atoms with E-state index < -0.39 is 0 Å². The Labute approximate surface area is 82.8 Å². The zero-order valence-electron chi connectivity index (χ0n) is 9.60. The van der Waals surface area contributed by atoms with Gasteiger partial charge in [0.25, 0.3) is 0 Å². The molecule has 0 saturated carbocycles. The Bertz CT molecular complexity index is 118. The molecule has 0 aliphatic carbocycles. The Morgan fingerprint density at radius 1 is 1.23 bits per heavy atom. The number of ether oxygens (including phenoxy) is 1. The van der Waals surface area contributed by atoms with Crippen LogP contribution < -0.4 is 5.73 Å². The van der Waals surface area contributed by atoms with Crippen LogP contribution >= 0.6 is 0 Å². The molecule has 0 amide bonds. The number of hydrogen-bond acceptors (Lipinski definition) is 2. The molecule has 13 heavy (non-hydrogen) atoms. The Balaban J connectivity index is 3.35. The van der Waals surface area contributed by atoms with Crippen molar-refractivity contribution in [3.63, 3.8) is 0 Å². The lowest BCUT2D eigenvalue weighted by Crippen LogP contribution is -2.22. The molecule has 1 unspecified atom stereocenters. The molecule has 80 valence electrons. The first kappa shape index (κ1) is 12.9. The zero-order chi connectivity index (χ0) is 10.3. The number of nitrogens with two attached hydrogens (primary N) is 1. The van der Waals surface area contributed by atoms with Crippen LogP contribution in [0.1, 0.15) is 46.5 Å². The lowest BCUT2D eigenvalue weighted by Gasteiger charge is -2.20. The van der Waals surface area contributed by atoms with E-state index in [2.05, 4.69) is 20.8 Å². The molecule has 2 nitrogen and oxygen atoms in total. The van der Waals surface area contributed by atoms with Gasteiger partial charge in [0.2, 0.25) is 0 Å². The third kappa shape index (κ3) is 9.84. The average molecular weight is 187 g/mol. The van der Waals surface area contributed by atoms with Gasteiger partial charge in [0.1, 0.15) is 0 Å². The fourth-order valence-electron chi connectivity index (χ4n) is 1.25. The van der Waals surface area contributed by atoms with Crippen molar-refractivity contribution >= 4 is 0 Å². The monoisotopic (exact) mass is 187 g/mol. The average Bonchev–Trinajstić information content (AvgIpc) is 2.00. The van der Waals surface area contributed by atoms with E-state index in [0.717, 1.165) is 25.9 Å². The van der Waals surface area contributed by atoms with Gasteiger partial charge in [-0.15, -0.1) is 0 Å². The van der Waals surface area contributed by atoms with Gasteiger partial charge in [-0.25, -0.2) is 0 Å². The normalized spacial score (nSPS) is 14.5. The van der Waals surface area contributed by atoms with Gasteiger partial charge in [0.15, 0.2) is 0 Å². The second-order valence-electron chi connectivity index (χ2n) is 4.99. The molecule has 2 N–H and O–H groups in total. The van der Waals surface area contributed by atoms with Crippen LogP contribution in [0.5, 0.6) is 0 Å². The molecule has 0 radical (unpaired) electrons. The summed E-state index contributed by atoms with van der Waals surface area (Å²) < 4.78 is 4.98. The van der Waals surface area contributed by atoms with Crippen molar-refractivity contribution in [3.8, 4) is 0 Å². The highest BCUT2D eigenvalue weighted by Crippen LogP contribution is 2.21. The molecular weight excluding hydrogens is 162 g/mol. The number of methoxy groups -OCH3 is 1. The summed E-state index contributed by atoms with van der Waals surface area (Å²) in [6.45, 7) is 7.61. The second kappa shape index (κ2) is 6.39. The highest BCUT2D eigenvalue weighted by Gasteiger charge is 2.12. The minimum absolute atomic E-state index is 0.356. The first-order valence-corrected chi connectivity index (χ1v) is 5.20. The van der Waals surface area contributed by atoms with Gasteiger partial charge in [0.05, 0.1) is 0 Å². The van der Waals surface area contributed by atoms with Crippen molar-refractivity contribution in [1.82, 2.24) is 0 Å². The molecule has 0 aliphatic heterocycles. The third-order valence-electron chi connectivity index (χ3n) is 2.19. The van der Waals surface area contributed by atoms with Crippen LogP contribution in [0.2, 0.25) is 0 Å². The van der Waals surface area contributed by atoms with Gasteiger partial charge < -0.3 is 10.5 Å². The van der Waals surface area contributed by atoms with Crippen molar-refractivity contribution in [2.75, 3.05) is 13.7 Å². The topological polar surface area (TPSA) is 35.2 Å². The van der Waals surface area contributed by atoms with Gasteiger partial charge in [-0.05, 0) is 31.1 Å². The SMILES string of the molecule is COCCCC(N)CCC(C)(C)C. The highest BCUT2D eigenvalue weighted by atomic mass is 16.5. The van der Waals surface area contributed by atoms with Crippen LogP contribution in [0, 0.1) is 5.41 Å². The number of hydrogen-bond donors (Lipinski definition) is 1. The van der Waals surface area contributed by atoms with Crippen LogP contribution in [-0.2, 0) is 4.74 Å². The Morgan fingerprint density at radius 3 is 2.31 bits per heavy atom. The predicted octanol–water partition coefficient (Wildman–Crippen LogP) is 2.57. The molecule has 0 fully saturated rings. The van der Waals surface area contributed by atoms with E-state index in [-0.39, 0.29) is 0 Å². The van der Waals surface area contributed by atoms with Gasteiger partial charge >= 0.3 is 0 Å². The third-order valence-corrected chi connectivity index (χ3v) is 2.19. The minimum atomic E-state index is 0.356. The van der Waals surface area contributed by atoms with Crippen molar-refractivity contribution in [1.29, 1.82) is 0 Å². The van der Waals surface area contributed by atoms with E-state index in [1.165, 1.54) is 6.42 Å².